The molecule has 0 bridgehead atoms. The number of benzene rings is 1. The van der Waals surface area contributed by atoms with Crippen LogP contribution in [0.5, 0.6) is 0 Å². The maximum Gasteiger partial charge on any atom is 0.254 e. The maximum atomic E-state index is 13.9. The van der Waals surface area contributed by atoms with Crippen molar-refractivity contribution in [2.75, 3.05) is 19.8 Å². The molecule has 0 radical (unpaired) electrons. The van der Waals surface area contributed by atoms with Gasteiger partial charge in [-0.1, -0.05) is 18.0 Å². The zero-order valence-corrected chi connectivity index (χ0v) is 13.7. The summed E-state index contributed by atoms with van der Waals surface area (Å²) in [4.78, 5) is 12.3. The number of amides is 1. The lowest BCUT2D eigenvalue weighted by molar-refractivity contribution is -0.0819. The van der Waals surface area contributed by atoms with Gasteiger partial charge in [0.05, 0.1) is 18.2 Å². The van der Waals surface area contributed by atoms with E-state index < -0.39 is 11.7 Å². The first-order valence-corrected chi connectivity index (χ1v) is 8.46. The van der Waals surface area contributed by atoms with E-state index in [1.165, 1.54) is 31.4 Å². The van der Waals surface area contributed by atoms with Gasteiger partial charge in [-0.05, 0) is 43.4 Å². The molecule has 4 nitrogen and oxygen atoms in total. The van der Waals surface area contributed by atoms with E-state index in [0.717, 1.165) is 6.07 Å². The molecule has 1 saturated carbocycles. The first kappa shape index (κ1) is 16.7. The number of ether oxygens (including phenoxy) is 2. The van der Waals surface area contributed by atoms with Gasteiger partial charge in [0.15, 0.2) is 0 Å². The fourth-order valence-electron chi connectivity index (χ4n) is 2.88. The fourth-order valence-corrected chi connectivity index (χ4v) is 3.04. The predicted molar refractivity (Wildman–Crippen MR) is 85.2 cm³/mol. The van der Waals surface area contributed by atoms with E-state index in [1.807, 2.05) is 0 Å². The van der Waals surface area contributed by atoms with Crippen LogP contribution < -0.4 is 5.32 Å². The zero-order valence-electron chi connectivity index (χ0n) is 12.9. The van der Waals surface area contributed by atoms with Crippen LogP contribution >= 0.6 is 11.6 Å². The average molecular weight is 342 g/mol. The van der Waals surface area contributed by atoms with Gasteiger partial charge in [0.25, 0.3) is 5.91 Å². The van der Waals surface area contributed by atoms with Gasteiger partial charge in [-0.2, -0.15) is 0 Å². The summed E-state index contributed by atoms with van der Waals surface area (Å²) in [5.41, 5.74) is -0.00126. The molecule has 1 heterocycles. The molecule has 3 rings (SSSR count). The molecule has 23 heavy (non-hydrogen) atoms. The van der Waals surface area contributed by atoms with Gasteiger partial charge in [0.2, 0.25) is 0 Å². The number of rotatable bonds is 5. The number of halogens is 2. The SMILES string of the molecule is O=C(N[C@H]1CCOC[C@@H]1OCC1CCC1)c1ccc(Cl)cc1F. The van der Waals surface area contributed by atoms with Crippen molar-refractivity contribution in [2.24, 2.45) is 5.92 Å². The fraction of sp³-hybridized carbons (Fsp3) is 0.588. The Morgan fingerprint density at radius 1 is 1.39 bits per heavy atom. The van der Waals surface area contributed by atoms with Crippen LogP contribution in [0, 0.1) is 11.7 Å². The van der Waals surface area contributed by atoms with E-state index in [9.17, 15) is 9.18 Å². The topological polar surface area (TPSA) is 47.6 Å². The highest BCUT2D eigenvalue weighted by atomic mass is 35.5. The third-order valence-electron chi connectivity index (χ3n) is 4.57. The Bertz CT molecular complexity index is 565. The molecule has 1 amide bonds. The smallest absolute Gasteiger partial charge is 0.254 e. The lowest BCUT2D eigenvalue weighted by Crippen LogP contribution is -2.50. The first-order valence-electron chi connectivity index (χ1n) is 8.09. The molecule has 1 N–H and O–H groups in total. The highest BCUT2D eigenvalue weighted by Gasteiger charge is 2.30. The summed E-state index contributed by atoms with van der Waals surface area (Å²) in [6, 6.07) is 3.89. The van der Waals surface area contributed by atoms with Crippen molar-refractivity contribution in [1.29, 1.82) is 0 Å². The highest BCUT2D eigenvalue weighted by molar-refractivity contribution is 6.30. The van der Waals surface area contributed by atoms with E-state index in [2.05, 4.69) is 5.32 Å². The Morgan fingerprint density at radius 3 is 2.91 bits per heavy atom. The van der Waals surface area contributed by atoms with Gasteiger partial charge in [-0.15, -0.1) is 0 Å². The lowest BCUT2D eigenvalue weighted by Gasteiger charge is -2.34. The molecule has 2 fully saturated rings. The summed E-state index contributed by atoms with van der Waals surface area (Å²) < 4.78 is 25.2. The second-order valence-electron chi connectivity index (χ2n) is 6.24. The van der Waals surface area contributed by atoms with Crippen LogP contribution in [0.4, 0.5) is 4.39 Å². The molecule has 0 spiro atoms. The molecule has 1 aliphatic heterocycles. The molecule has 126 valence electrons. The Morgan fingerprint density at radius 2 is 2.22 bits per heavy atom. The van der Waals surface area contributed by atoms with Gasteiger partial charge >= 0.3 is 0 Å². The minimum absolute atomic E-state index is 0.00126. The van der Waals surface area contributed by atoms with Crippen molar-refractivity contribution in [3.8, 4) is 0 Å². The standard InChI is InChI=1S/C17H21ClFNO3/c18-12-4-5-13(14(19)8-12)17(21)20-15-6-7-22-10-16(15)23-9-11-2-1-3-11/h4-5,8,11,15-16H,1-3,6-7,9-10H2,(H,20,21)/t15-,16-/m0/s1. The number of nitrogens with one attached hydrogen (secondary N) is 1. The molecule has 1 aromatic carbocycles. The van der Waals surface area contributed by atoms with E-state index in [-0.39, 0.29) is 22.7 Å². The number of carbonyl (C=O) groups excluding carboxylic acids is 1. The largest absolute Gasteiger partial charge is 0.379 e. The van der Waals surface area contributed by atoms with Crippen molar-refractivity contribution in [3.05, 3.63) is 34.6 Å². The van der Waals surface area contributed by atoms with Crippen LogP contribution in [-0.4, -0.2) is 37.9 Å². The Balaban J connectivity index is 1.59. The molecule has 0 aromatic heterocycles. The molecule has 1 saturated heterocycles. The quantitative estimate of drug-likeness (QED) is 0.894. The average Bonchev–Trinajstić information content (AvgIpc) is 2.47. The second kappa shape index (κ2) is 7.60. The summed E-state index contributed by atoms with van der Waals surface area (Å²) in [6.07, 6.45) is 4.17. The third-order valence-corrected chi connectivity index (χ3v) is 4.80. The highest BCUT2D eigenvalue weighted by Crippen LogP contribution is 2.27. The van der Waals surface area contributed by atoms with Gasteiger partial charge in [0.1, 0.15) is 11.9 Å². The van der Waals surface area contributed by atoms with E-state index in [1.54, 1.807) is 0 Å². The van der Waals surface area contributed by atoms with E-state index in [0.29, 0.717) is 32.2 Å². The van der Waals surface area contributed by atoms with Crippen molar-refractivity contribution in [2.45, 2.75) is 37.8 Å². The second-order valence-corrected chi connectivity index (χ2v) is 6.67. The van der Waals surface area contributed by atoms with Crippen LogP contribution in [0.15, 0.2) is 18.2 Å². The lowest BCUT2D eigenvalue weighted by atomic mass is 9.86. The van der Waals surface area contributed by atoms with Crippen molar-refractivity contribution >= 4 is 17.5 Å². The predicted octanol–water partition coefficient (Wildman–Crippen LogP) is 3.18. The third kappa shape index (κ3) is 4.22. The van der Waals surface area contributed by atoms with Gasteiger partial charge < -0.3 is 14.8 Å². The maximum absolute atomic E-state index is 13.9. The molecule has 1 aliphatic carbocycles. The van der Waals surface area contributed by atoms with Crippen LogP contribution in [0.25, 0.3) is 0 Å². The van der Waals surface area contributed by atoms with Gasteiger partial charge in [-0.3, -0.25) is 4.79 Å². The van der Waals surface area contributed by atoms with Crippen LogP contribution in [0.3, 0.4) is 0 Å². The molecule has 2 aliphatic rings. The monoisotopic (exact) mass is 341 g/mol. The van der Waals surface area contributed by atoms with Crippen molar-refractivity contribution in [1.82, 2.24) is 5.32 Å². The summed E-state index contributed by atoms with van der Waals surface area (Å²) in [7, 11) is 0. The van der Waals surface area contributed by atoms with Crippen LogP contribution in [0.2, 0.25) is 5.02 Å². The molecular formula is C17H21ClFNO3. The Hall–Kier alpha value is -1.17. The van der Waals surface area contributed by atoms with Gasteiger partial charge in [0, 0.05) is 18.2 Å². The summed E-state index contributed by atoms with van der Waals surface area (Å²) >= 11 is 5.72. The van der Waals surface area contributed by atoms with E-state index in [4.69, 9.17) is 21.1 Å². The van der Waals surface area contributed by atoms with E-state index >= 15 is 0 Å². The summed E-state index contributed by atoms with van der Waals surface area (Å²) in [6.45, 7) is 1.73. The summed E-state index contributed by atoms with van der Waals surface area (Å²) in [5.74, 6) is -0.431. The molecule has 6 heteroatoms. The Labute approximate surface area is 140 Å². The van der Waals surface area contributed by atoms with Crippen LogP contribution in [-0.2, 0) is 9.47 Å². The van der Waals surface area contributed by atoms with Gasteiger partial charge in [-0.25, -0.2) is 4.39 Å². The molecule has 2 atom stereocenters. The normalized spacial score (nSPS) is 25.0. The minimum atomic E-state index is -0.617. The van der Waals surface area contributed by atoms with Crippen molar-refractivity contribution in [3.63, 3.8) is 0 Å². The molecular weight excluding hydrogens is 321 g/mol. The molecule has 0 unspecified atom stereocenters. The molecule has 1 aromatic rings. The Kier molecular flexibility index (Phi) is 5.51. The number of hydrogen-bond donors (Lipinski definition) is 1. The zero-order chi connectivity index (χ0) is 16.2. The first-order chi connectivity index (χ1) is 11.1. The minimum Gasteiger partial charge on any atom is -0.379 e. The van der Waals surface area contributed by atoms with Crippen LogP contribution in [0.1, 0.15) is 36.0 Å². The van der Waals surface area contributed by atoms with Crippen molar-refractivity contribution < 1.29 is 18.7 Å². The summed E-state index contributed by atoms with van der Waals surface area (Å²) in [5, 5.41) is 3.15. The number of carbonyl (C=O) groups is 1. The number of hydrogen-bond acceptors (Lipinski definition) is 3.